The molecule has 1 aliphatic rings. The zero-order valence-electron chi connectivity index (χ0n) is 12.8. The van der Waals surface area contributed by atoms with Crippen LogP contribution >= 0.6 is 0 Å². The molecule has 1 aliphatic heterocycles. The van der Waals surface area contributed by atoms with E-state index >= 15 is 0 Å². The van der Waals surface area contributed by atoms with Gasteiger partial charge >= 0.3 is 0 Å². The molecule has 4 heteroatoms. The van der Waals surface area contributed by atoms with Crippen molar-refractivity contribution in [3.05, 3.63) is 59.7 Å². The van der Waals surface area contributed by atoms with E-state index < -0.39 is 0 Å². The second kappa shape index (κ2) is 6.62. The summed E-state index contributed by atoms with van der Waals surface area (Å²) < 4.78 is 5.11. The number of carbonyl (C=O) groups excluding carboxylic acids is 1. The van der Waals surface area contributed by atoms with E-state index in [-0.39, 0.29) is 5.91 Å². The van der Waals surface area contributed by atoms with Crippen LogP contribution in [-0.2, 0) is 17.8 Å². The van der Waals surface area contributed by atoms with Gasteiger partial charge in [-0.05, 0) is 29.8 Å². The molecule has 22 heavy (non-hydrogen) atoms. The minimum atomic E-state index is 0.0551. The van der Waals surface area contributed by atoms with Crippen molar-refractivity contribution in [2.75, 3.05) is 25.5 Å². The van der Waals surface area contributed by atoms with Crippen molar-refractivity contribution >= 4 is 11.6 Å². The molecular formula is C18H21N2O2+. The van der Waals surface area contributed by atoms with Gasteiger partial charge in [0.25, 0.3) is 5.91 Å². The molecule has 0 aromatic heterocycles. The number of nitrogens with one attached hydrogen (secondary N) is 2. The van der Waals surface area contributed by atoms with Crippen LogP contribution in [0.2, 0.25) is 0 Å². The van der Waals surface area contributed by atoms with Crippen LogP contribution in [0.25, 0.3) is 0 Å². The van der Waals surface area contributed by atoms with Gasteiger partial charge < -0.3 is 15.0 Å². The molecule has 1 unspecified atom stereocenters. The molecule has 4 nitrogen and oxygen atoms in total. The molecule has 0 fully saturated rings. The van der Waals surface area contributed by atoms with Gasteiger partial charge in [0.1, 0.15) is 12.3 Å². The predicted molar refractivity (Wildman–Crippen MR) is 86.2 cm³/mol. The van der Waals surface area contributed by atoms with E-state index in [0.29, 0.717) is 6.54 Å². The quantitative estimate of drug-likeness (QED) is 0.892. The molecule has 2 aromatic rings. The Labute approximate surface area is 130 Å². The van der Waals surface area contributed by atoms with Crippen molar-refractivity contribution in [2.45, 2.75) is 13.0 Å². The summed E-state index contributed by atoms with van der Waals surface area (Å²) in [7, 11) is 1.63. The van der Waals surface area contributed by atoms with Crippen LogP contribution in [0.4, 0.5) is 5.69 Å². The number of hydrogen-bond donors (Lipinski definition) is 2. The maximum Gasteiger partial charge on any atom is 0.279 e. The van der Waals surface area contributed by atoms with E-state index in [9.17, 15) is 4.79 Å². The van der Waals surface area contributed by atoms with Crippen LogP contribution in [0.5, 0.6) is 5.75 Å². The highest BCUT2D eigenvalue weighted by molar-refractivity contribution is 5.91. The normalized spacial score (nSPS) is 16.7. The van der Waals surface area contributed by atoms with Gasteiger partial charge in [0.15, 0.2) is 6.54 Å². The van der Waals surface area contributed by atoms with Crippen molar-refractivity contribution in [3.63, 3.8) is 0 Å². The Morgan fingerprint density at radius 2 is 1.86 bits per heavy atom. The summed E-state index contributed by atoms with van der Waals surface area (Å²) in [6, 6.07) is 15.9. The second-order valence-corrected chi connectivity index (χ2v) is 5.65. The number of rotatable bonds is 4. The van der Waals surface area contributed by atoms with Crippen LogP contribution in [0.3, 0.4) is 0 Å². The first kappa shape index (κ1) is 14.6. The van der Waals surface area contributed by atoms with Crippen molar-refractivity contribution in [2.24, 2.45) is 0 Å². The van der Waals surface area contributed by atoms with E-state index in [2.05, 4.69) is 29.6 Å². The summed E-state index contributed by atoms with van der Waals surface area (Å²) in [4.78, 5) is 13.5. The number of ether oxygens (including phenoxy) is 1. The van der Waals surface area contributed by atoms with Gasteiger partial charge in [-0.15, -0.1) is 0 Å². The third-order valence-electron chi connectivity index (χ3n) is 4.09. The Morgan fingerprint density at radius 3 is 2.59 bits per heavy atom. The summed E-state index contributed by atoms with van der Waals surface area (Å²) in [5, 5.41) is 2.95. The number of carbonyl (C=O) groups is 1. The Bertz CT molecular complexity index is 652. The number of anilines is 1. The molecule has 0 spiro atoms. The molecule has 0 radical (unpaired) electrons. The molecule has 0 aliphatic carbocycles. The fourth-order valence-electron chi connectivity index (χ4n) is 2.90. The fourth-order valence-corrected chi connectivity index (χ4v) is 2.90. The Balaban J connectivity index is 1.56. The largest absolute Gasteiger partial charge is 0.497 e. The first-order valence-corrected chi connectivity index (χ1v) is 7.59. The van der Waals surface area contributed by atoms with Gasteiger partial charge in [-0.25, -0.2) is 0 Å². The van der Waals surface area contributed by atoms with Gasteiger partial charge in [-0.2, -0.15) is 0 Å². The van der Waals surface area contributed by atoms with E-state index in [1.54, 1.807) is 7.11 Å². The summed E-state index contributed by atoms with van der Waals surface area (Å²) in [6.45, 7) is 2.43. The molecule has 0 saturated heterocycles. The SMILES string of the molecule is COc1ccc(NC(=O)C[NH+]2CCc3ccccc3C2)cc1. The van der Waals surface area contributed by atoms with Crippen molar-refractivity contribution in [1.29, 1.82) is 0 Å². The number of quaternary nitrogens is 1. The van der Waals surface area contributed by atoms with Gasteiger partial charge in [0, 0.05) is 17.7 Å². The average molecular weight is 297 g/mol. The van der Waals surface area contributed by atoms with Crippen LogP contribution in [0, 0.1) is 0 Å². The molecule has 0 bridgehead atoms. The van der Waals surface area contributed by atoms with E-state index in [0.717, 1.165) is 30.9 Å². The summed E-state index contributed by atoms with van der Waals surface area (Å²) in [6.07, 6.45) is 1.04. The maximum absolute atomic E-state index is 12.2. The number of amides is 1. The van der Waals surface area contributed by atoms with Crippen molar-refractivity contribution < 1.29 is 14.4 Å². The maximum atomic E-state index is 12.2. The first-order valence-electron chi connectivity index (χ1n) is 7.59. The van der Waals surface area contributed by atoms with Crippen molar-refractivity contribution in [3.8, 4) is 5.75 Å². The highest BCUT2D eigenvalue weighted by atomic mass is 16.5. The Hall–Kier alpha value is -2.33. The molecule has 2 aromatic carbocycles. The Morgan fingerprint density at radius 1 is 1.14 bits per heavy atom. The third kappa shape index (κ3) is 3.46. The summed E-state index contributed by atoms with van der Waals surface area (Å²) >= 11 is 0. The van der Waals surface area contributed by atoms with Gasteiger partial charge in [0.05, 0.1) is 13.7 Å². The number of hydrogen-bond acceptors (Lipinski definition) is 2. The number of methoxy groups -OCH3 is 1. The molecular weight excluding hydrogens is 276 g/mol. The zero-order valence-corrected chi connectivity index (χ0v) is 12.8. The van der Waals surface area contributed by atoms with Crippen LogP contribution < -0.4 is 15.0 Å². The Kier molecular flexibility index (Phi) is 4.39. The second-order valence-electron chi connectivity index (χ2n) is 5.65. The van der Waals surface area contributed by atoms with E-state index in [4.69, 9.17) is 4.74 Å². The fraction of sp³-hybridized carbons (Fsp3) is 0.278. The minimum absolute atomic E-state index is 0.0551. The molecule has 1 amide bonds. The molecule has 1 heterocycles. The third-order valence-corrected chi connectivity index (χ3v) is 4.09. The molecule has 3 rings (SSSR count). The standard InChI is InChI=1S/C18H20N2O2/c1-22-17-8-6-16(7-9-17)19-18(21)13-20-11-10-14-4-2-3-5-15(14)12-20/h2-9H,10-13H2,1H3,(H,19,21)/p+1. The van der Waals surface area contributed by atoms with Crippen LogP contribution in [0.1, 0.15) is 11.1 Å². The highest BCUT2D eigenvalue weighted by Crippen LogP contribution is 2.14. The molecule has 2 N–H and O–H groups in total. The summed E-state index contributed by atoms with van der Waals surface area (Å²) in [5.74, 6) is 0.843. The zero-order chi connectivity index (χ0) is 15.4. The topological polar surface area (TPSA) is 42.8 Å². The van der Waals surface area contributed by atoms with Crippen LogP contribution in [-0.4, -0.2) is 26.1 Å². The lowest BCUT2D eigenvalue weighted by atomic mass is 10.00. The molecule has 114 valence electrons. The highest BCUT2D eigenvalue weighted by Gasteiger charge is 2.21. The summed E-state index contributed by atoms with van der Waals surface area (Å²) in [5.41, 5.74) is 3.59. The number of fused-ring (bicyclic) bond motifs is 1. The lowest BCUT2D eigenvalue weighted by Gasteiger charge is -2.25. The predicted octanol–water partition coefficient (Wildman–Crippen LogP) is 1.27. The van der Waals surface area contributed by atoms with Crippen LogP contribution in [0.15, 0.2) is 48.5 Å². The smallest absolute Gasteiger partial charge is 0.279 e. The lowest BCUT2D eigenvalue weighted by molar-refractivity contribution is -0.907. The average Bonchev–Trinajstić information content (AvgIpc) is 2.55. The monoisotopic (exact) mass is 297 g/mol. The molecule has 1 atom stereocenters. The number of benzene rings is 2. The lowest BCUT2D eigenvalue weighted by Crippen LogP contribution is -3.12. The van der Waals surface area contributed by atoms with E-state index in [1.165, 1.54) is 16.0 Å². The van der Waals surface area contributed by atoms with E-state index in [1.807, 2.05) is 24.3 Å². The van der Waals surface area contributed by atoms with Gasteiger partial charge in [0.2, 0.25) is 0 Å². The van der Waals surface area contributed by atoms with Gasteiger partial charge in [-0.3, -0.25) is 4.79 Å². The molecule has 0 saturated carbocycles. The minimum Gasteiger partial charge on any atom is -0.497 e. The van der Waals surface area contributed by atoms with Gasteiger partial charge in [-0.1, -0.05) is 24.3 Å². The first-order chi connectivity index (χ1) is 10.7. The van der Waals surface area contributed by atoms with Crippen molar-refractivity contribution in [1.82, 2.24) is 0 Å².